The molecule has 0 rings (SSSR count). The van der Waals surface area contributed by atoms with E-state index in [1.807, 2.05) is 0 Å². The minimum absolute atomic E-state index is 0.159. The lowest BCUT2D eigenvalue weighted by Crippen LogP contribution is -2.66. The fourth-order valence-corrected chi connectivity index (χ4v) is 1.15. The number of hydrogen-bond donors (Lipinski definition) is 0. The number of alkyl halides is 9. The Bertz CT molecular complexity index is 459. The van der Waals surface area contributed by atoms with Gasteiger partial charge in [-0.1, -0.05) is 6.58 Å². The standard InChI is InChI=1S/C11H12F9NO2/c1-6(2)7(22)23-5-4-21(3)11(19,20)9(14,15)8(12,13)10(16,17)18/h1,4-5H2,2-3H3. The Kier molecular flexibility index (Phi) is 6.16. The number of halogens is 9. The Morgan fingerprint density at radius 3 is 1.78 bits per heavy atom. The van der Waals surface area contributed by atoms with Gasteiger partial charge in [-0.05, 0) is 14.0 Å². The number of ether oxygens (including phenoxy) is 1. The van der Waals surface area contributed by atoms with Crippen molar-refractivity contribution < 1.29 is 49.0 Å². The first-order valence-electron chi connectivity index (χ1n) is 5.74. The van der Waals surface area contributed by atoms with Gasteiger partial charge < -0.3 is 4.74 Å². The number of likely N-dealkylation sites (N-methyl/N-ethyl adjacent to an activating group) is 1. The lowest BCUT2D eigenvalue weighted by Gasteiger charge is -2.37. The van der Waals surface area contributed by atoms with E-state index in [9.17, 15) is 44.3 Å². The summed E-state index contributed by atoms with van der Waals surface area (Å²) in [5.74, 6) is -14.8. The quantitative estimate of drug-likeness (QED) is 0.301. The highest BCUT2D eigenvalue weighted by Gasteiger charge is 2.82. The van der Waals surface area contributed by atoms with Crippen LogP contribution < -0.4 is 0 Å². The zero-order valence-electron chi connectivity index (χ0n) is 11.8. The second-order valence-corrected chi connectivity index (χ2v) is 4.53. The van der Waals surface area contributed by atoms with Crippen molar-refractivity contribution in [2.45, 2.75) is 31.0 Å². The van der Waals surface area contributed by atoms with Crippen molar-refractivity contribution in [3.63, 3.8) is 0 Å². The summed E-state index contributed by atoms with van der Waals surface area (Å²) >= 11 is 0. The van der Waals surface area contributed by atoms with E-state index in [1.54, 1.807) is 0 Å². The molecule has 0 amide bonds. The number of nitrogens with zero attached hydrogens (tertiary/aromatic N) is 1. The third-order valence-electron chi connectivity index (χ3n) is 2.62. The fraction of sp³-hybridized carbons (Fsp3) is 0.727. The average Bonchev–Trinajstić information content (AvgIpc) is 2.36. The summed E-state index contributed by atoms with van der Waals surface area (Å²) < 4.78 is 118. The largest absolute Gasteiger partial charge is 0.461 e. The lowest BCUT2D eigenvalue weighted by atomic mass is 10.1. The van der Waals surface area contributed by atoms with Crippen LogP contribution in [0.1, 0.15) is 6.92 Å². The summed E-state index contributed by atoms with van der Waals surface area (Å²) in [6, 6.07) is -5.86. The first kappa shape index (κ1) is 21.5. The molecule has 136 valence electrons. The highest BCUT2D eigenvalue weighted by Crippen LogP contribution is 2.53. The Morgan fingerprint density at radius 1 is 1.00 bits per heavy atom. The van der Waals surface area contributed by atoms with E-state index in [1.165, 1.54) is 6.92 Å². The van der Waals surface area contributed by atoms with Crippen molar-refractivity contribution in [3.8, 4) is 0 Å². The second-order valence-electron chi connectivity index (χ2n) is 4.53. The minimum Gasteiger partial charge on any atom is -0.461 e. The van der Waals surface area contributed by atoms with Crippen LogP contribution >= 0.6 is 0 Å². The van der Waals surface area contributed by atoms with Crippen molar-refractivity contribution in [3.05, 3.63) is 12.2 Å². The maximum atomic E-state index is 13.3. The van der Waals surface area contributed by atoms with Gasteiger partial charge >= 0.3 is 30.0 Å². The third kappa shape index (κ3) is 4.09. The number of carbonyl (C=O) groups excluding carboxylic acids is 1. The van der Waals surface area contributed by atoms with E-state index in [0.29, 0.717) is 0 Å². The van der Waals surface area contributed by atoms with E-state index >= 15 is 0 Å². The molecule has 0 aliphatic carbocycles. The van der Waals surface area contributed by atoms with Crippen LogP contribution in [0.4, 0.5) is 39.5 Å². The first-order chi connectivity index (χ1) is 10.00. The Labute approximate surface area is 124 Å². The Morgan fingerprint density at radius 2 is 1.43 bits per heavy atom. The van der Waals surface area contributed by atoms with Gasteiger partial charge in [-0.25, -0.2) is 9.69 Å². The van der Waals surface area contributed by atoms with Gasteiger partial charge in [0, 0.05) is 12.1 Å². The summed E-state index contributed by atoms with van der Waals surface area (Å²) in [6.45, 7) is 2.12. The summed E-state index contributed by atoms with van der Waals surface area (Å²) in [6.07, 6.45) is -6.88. The molecular weight excluding hydrogens is 349 g/mol. The molecular formula is C11H12F9NO2. The van der Waals surface area contributed by atoms with Gasteiger partial charge in [0.2, 0.25) is 0 Å². The SMILES string of the molecule is C=C(C)C(=O)OCCN(C)C(F)(F)C(F)(F)C(F)(F)C(F)(F)F. The van der Waals surface area contributed by atoms with Gasteiger partial charge in [-0.2, -0.15) is 39.5 Å². The van der Waals surface area contributed by atoms with Crippen LogP contribution in [0, 0.1) is 0 Å². The van der Waals surface area contributed by atoms with Crippen LogP contribution in [-0.4, -0.2) is 55.1 Å². The van der Waals surface area contributed by atoms with Crippen LogP contribution in [0.3, 0.4) is 0 Å². The van der Waals surface area contributed by atoms with E-state index in [-0.39, 0.29) is 12.6 Å². The topological polar surface area (TPSA) is 29.5 Å². The van der Waals surface area contributed by atoms with Crippen LogP contribution in [0.5, 0.6) is 0 Å². The predicted molar refractivity (Wildman–Crippen MR) is 59.3 cm³/mol. The van der Waals surface area contributed by atoms with Crippen LogP contribution in [0.2, 0.25) is 0 Å². The molecule has 0 heterocycles. The molecule has 0 N–H and O–H groups in total. The van der Waals surface area contributed by atoms with Crippen molar-refractivity contribution in [2.75, 3.05) is 20.2 Å². The van der Waals surface area contributed by atoms with Crippen molar-refractivity contribution in [2.24, 2.45) is 0 Å². The van der Waals surface area contributed by atoms with Gasteiger partial charge in [0.05, 0.1) is 0 Å². The van der Waals surface area contributed by atoms with Crippen LogP contribution in [-0.2, 0) is 9.53 Å². The third-order valence-corrected chi connectivity index (χ3v) is 2.62. The monoisotopic (exact) mass is 361 g/mol. The molecule has 0 saturated carbocycles. The molecule has 0 saturated heterocycles. The summed E-state index contributed by atoms with van der Waals surface area (Å²) in [7, 11) is 0.176. The van der Waals surface area contributed by atoms with Gasteiger partial charge in [0.1, 0.15) is 6.61 Å². The molecule has 0 atom stereocenters. The number of carbonyl (C=O) groups is 1. The molecule has 0 bridgehead atoms. The summed E-state index contributed by atoms with van der Waals surface area (Å²) in [5, 5.41) is 0. The van der Waals surface area contributed by atoms with Crippen molar-refractivity contribution >= 4 is 5.97 Å². The zero-order chi connectivity index (χ0) is 18.9. The Balaban J connectivity index is 5.15. The molecule has 0 spiro atoms. The molecule has 0 unspecified atom stereocenters. The molecule has 0 fully saturated rings. The molecule has 0 aromatic rings. The Hall–Kier alpha value is -1.46. The summed E-state index contributed by atoms with van der Waals surface area (Å²) in [5.41, 5.74) is -0.159. The van der Waals surface area contributed by atoms with E-state index in [0.717, 1.165) is 0 Å². The second kappa shape index (κ2) is 6.57. The molecule has 12 heteroatoms. The zero-order valence-corrected chi connectivity index (χ0v) is 11.8. The maximum absolute atomic E-state index is 13.3. The maximum Gasteiger partial charge on any atom is 0.460 e. The molecule has 3 nitrogen and oxygen atoms in total. The van der Waals surface area contributed by atoms with Gasteiger partial charge in [-0.3, -0.25) is 0 Å². The van der Waals surface area contributed by atoms with Crippen LogP contribution in [0.25, 0.3) is 0 Å². The molecule has 0 aliphatic heterocycles. The average molecular weight is 361 g/mol. The smallest absolute Gasteiger partial charge is 0.460 e. The molecule has 0 radical (unpaired) electrons. The van der Waals surface area contributed by atoms with Gasteiger partial charge in [0.15, 0.2) is 0 Å². The van der Waals surface area contributed by atoms with Crippen LogP contribution in [0.15, 0.2) is 12.2 Å². The summed E-state index contributed by atoms with van der Waals surface area (Å²) in [4.78, 5) is 10.2. The van der Waals surface area contributed by atoms with Crippen molar-refractivity contribution in [1.29, 1.82) is 0 Å². The molecule has 0 aliphatic rings. The van der Waals surface area contributed by atoms with Gasteiger partial charge in [-0.15, -0.1) is 0 Å². The first-order valence-corrected chi connectivity index (χ1v) is 5.74. The van der Waals surface area contributed by atoms with E-state index in [4.69, 9.17) is 0 Å². The number of esters is 1. The van der Waals surface area contributed by atoms with E-state index < -0.39 is 48.1 Å². The molecule has 23 heavy (non-hydrogen) atoms. The molecule has 0 aromatic heterocycles. The number of rotatable bonds is 7. The normalized spacial score (nSPS) is 14.1. The number of hydrogen-bond acceptors (Lipinski definition) is 3. The minimum atomic E-state index is -6.97. The van der Waals surface area contributed by atoms with Gasteiger partial charge in [0.25, 0.3) is 0 Å². The highest BCUT2D eigenvalue weighted by atomic mass is 19.4. The fourth-order valence-electron chi connectivity index (χ4n) is 1.15. The highest BCUT2D eigenvalue weighted by molar-refractivity contribution is 5.86. The predicted octanol–water partition coefficient (Wildman–Crippen LogP) is 3.46. The van der Waals surface area contributed by atoms with Crippen molar-refractivity contribution in [1.82, 2.24) is 4.90 Å². The lowest BCUT2D eigenvalue weighted by molar-refractivity contribution is -0.416. The van der Waals surface area contributed by atoms with E-state index in [2.05, 4.69) is 11.3 Å². The molecule has 0 aromatic carbocycles.